The molecule has 0 aromatic rings. The molecule has 1 nitrogen and oxygen atoms in total. The van der Waals surface area contributed by atoms with Gasteiger partial charge in [0.1, 0.15) is 0 Å². The standard InChI is InChI=1S/C2H3F2O/c1-2(3)5-4/h2H,1H2. The van der Waals surface area contributed by atoms with Gasteiger partial charge < -0.3 is 0 Å². The Labute approximate surface area is 28.4 Å². The largest absolute Gasteiger partial charge is 0.237 e. The molecule has 0 bridgehead atoms. The van der Waals surface area contributed by atoms with E-state index in [1.165, 1.54) is 0 Å². The molecule has 0 aliphatic heterocycles. The number of halogens is 2. The van der Waals surface area contributed by atoms with E-state index in [0.717, 1.165) is 0 Å². The van der Waals surface area contributed by atoms with E-state index < -0.39 is 6.36 Å². The minimum Gasteiger partial charge on any atom is -0.213 e. The minimum atomic E-state index is -2.03. The summed E-state index contributed by atoms with van der Waals surface area (Å²) in [7, 11) is 0. The molecule has 1 atom stereocenters. The summed E-state index contributed by atoms with van der Waals surface area (Å²) in [5.41, 5.74) is 0. The Kier molecular flexibility index (Phi) is 2.01. The molecule has 3 heteroatoms. The van der Waals surface area contributed by atoms with Crippen LogP contribution >= 0.6 is 0 Å². The third kappa shape index (κ3) is 3.82. The van der Waals surface area contributed by atoms with Gasteiger partial charge in [-0.15, -0.1) is 0 Å². The van der Waals surface area contributed by atoms with Crippen molar-refractivity contribution in [2.24, 2.45) is 0 Å². The van der Waals surface area contributed by atoms with Crippen molar-refractivity contribution in [2.45, 2.75) is 6.36 Å². The van der Waals surface area contributed by atoms with Gasteiger partial charge in [-0.1, -0.05) is 0 Å². The number of hydrogen-bond donors (Lipinski definition) is 0. The van der Waals surface area contributed by atoms with Gasteiger partial charge in [0.2, 0.25) is 6.36 Å². The van der Waals surface area contributed by atoms with Crippen molar-refractivity contribution in [3.63, 3.8) is 0 Å². The molecule has 0 heterocycles. The molecular formula is C2H3F2O. The smallest absolute Gasteiger partial charge is 0.213 e. The summed E-state index contributed by atoms with van der Waals surface area (Å²) in [5.74, 6) is 0. The average molecular weight is 81.0 g/mol. The van der Waals surface area contributed by atoms with Crippen LogP contribution in [0.2, 0.25) is 0 Å². The quantitative estimate of drug-likeness (QED) is 0.457. The lowest BCUT2D eigenvalue weighted by molar-refractivity contribution is -0.206. The van der Waals surface area contributed by atoms with E-state index in [2.05, 4.69) is 11.9 Å². The van der Waals surface area contributed by atoms with E-state index >= 15 is 0 Å². The van der Waals surface area contributed by atoms with Crippen LogP contribution < -0.4 is 0 Å². The highest BCUT2D eigenvalue weighted by atomic mass is 19.3. The van der Waals surface area contributed by atoms with Gasteiger partial charge in [0.15, 0.2) is 0 Å². The first-order valence-electron chi connectivity index (χ1n) is 1.02. The highest BCUT2D eigenvalue weighted by Crippen LogP contribution is 1.86. The zero-order valence-electron chi connectivity index (χ0n) is 2.45. The summed E-state index contributed by atoms with van der Waals surface area (Å²) in [6.07, 6.45) is -2.03. The van der Waals surface area contributed by atoms with Gasteiger partial charge in [-0.3, -0.25) is 0 Å². The molecule has 31 valence electrons. The van der Waals surface area contributed by atoms with Gasteiger partial charge in [0.05, 0.1) is 0 Å². The van der Waals surface area contributed by atoms with Crippen molar-refractivity contribution in [2.75, 3.05) is 0 Å². The molecular weight excluding hydrogens is 78.0 g/mol. The molecule has 0 saturated carbocycles. The molecule has 0 aliphatic carbocycles. The first-order valence-corrected chi connectivity index (χ1v) is 1.02. The van der Waals surface area contributed by atoms with Gasteiger partial charge in [-0.25, -0.2) is 4.39 Å². The van der Waals surface area contributed by atoms with Crippen LogP contribution in [-0.2, 0) is 4.94 Å². The fraction of sp³-hybridized carbons (Fsp3) is 0.500. The lowest BCUT2D eigenvalue weighted by Gasteiger charge is -1.83. The van der Waals surface area contributed by atoms with E-state index in [0.29, 0.717) is 0 Å². The number of rotatable bonds is 1. The van der Waals surface area contributed by atoms with E-state index in [-0.39, 0.29) is 0 Å². The third-order valence-corrected chi connectivity index (χ3v) is 0.0967. The molecule has 0 rings (SSSR count). The predicted octanol–water partition coefficient (Wildman–Crippen LogP) is 1.02. The Balaban J connectivity index is 2.54. The molecule has 0 aromatic heterocycles. The fourth-order valence-corrected chi connectivity index (χ4v) is 0. The SMILES string of the molecule is [CH2]C(F)OF. The molecule has 1 unspecified atom stereocenters. The van der Waals surface area contributed by atoms with Crippen molar-refractivity contribution in [1.82, 2.24) is 0 Å². The van der Waals surface area contributed by atoms with Crippen molar-refractivity contribution >= 4 is 0 Å². The van der Waals surface area contributed by atoms with Gasteiger partial charge >= 0.3 is 0 Å². The van der Waals surface area contributed by atoms with Crippen molar-refractivity contribution in [3.8, 4) is 0 Å². The van der Waals surface area contributed by atoms with Crippen LogP contribution in [0.1, 0.15) is 0 Å². The molecule has 0 spiro atoms. The van der Waals surface area contributed by atoms with Crippen LogP contribution in [0.3, 0.4) is 0 Å². The van der Waals surface area contributed by atoms with E-state index in [1.807, 2.05) is 0 Å². The topological polar surface area (TPSA) is 9.23 Å². The van der Waals surface area contributed by atoms with Crippen LogP contribution in [0.5, 0.6) is 0 Å². The Bertz CT molecular complexity index is 21.6. The van der Waals surface area contributed by atoms with Gasteiger partial charge in [-0.05, 0) is 4.53 Å². The van der Waals surface area contributed by atoms with Crippen LogP contribution in [0.15, 0.2) is 0 Å². The van der Waals surface area contributed by atoms with E-state index in [9.17, 15) is 8.92 Å². The first kappa shape index (κ1) is 4.82. The average Bonchev–Trinajstić information content (AvgIpc) is 1.38. The molecule has 0 saturated heterocycles. The van der Waals surface area contributed by atoms with Crippen LogP contribution in [-0.4, -0.2) is 6.36 Å². The number of hydrogen-bond acceptors (Lipinski definition) is 1. The molecule has 0 N–H and O–H groups in total. The van der Waals surface area contributed by atoms with Crippen molar-refractivity contribution < 1.29 is 13.9 Å². The fourth-order valence-electron chi connectivity index (χ4n) is 0. The normalized spacial score (nSPS) is 15.0. The monoisotopic (exact) mass is 81.0 g/mol. The van der Waals surface area contributed by atoms with Gasteiger partial charge in [0.25, 0.3) is 0 Å². The van der Waals surface area contributed by atoms with Gasteiger partial charge in [-0.2, -0.15) is 4.94 Å². The van der Waals surface area contributed by atoms with Crippen molar-refractivity contribution in [3.05, 3.63) is 6.92 Å². The molecule has 0 amide bonds. The summed E-state index contributed by atoms with van der Waals surface area (Å²) in [4.78, 5) is 2.47. The zero-order chi connectivity index (χ0) is 4.28. The number of alkyl halides is 1. The Hall–Kier alpha value is -0.180. The molecule has 0 aromatic carbocycles. The predicted molar refractivity (Wildman–Crippen MR) is 12.4 cm³/mol. The maximum absolute atomic E-state index is 10.7. The Morgan fingerprint density at radius 3 is 2.00 bits per heavy atom. The summed E-state index contributed by atoms with van der Waals surface area (Å²) >= 11 is 0. The zero-order valence-corrected chi connectivity index (χ0v) is 2.45. The second-order valence-electron chi connectivity index (χ2n) is 0.499. The van der Waals surface area contributed by atoms with Crippen LogP contribution in [0, 0.1) is 6.92 Å². The molecule has 1 radical (unpaired) electrons. The Morgan fingerprint density at radius 1 is 1.80 bits per heavy atom. The molecule has 0 aliphatic rings. The lowest BCUT2D eigenvalue weighted by Crippen LogP contribution is -1.88. The summed E-state index contributed by atoms with van der Waals surface area (Å²) in [6, 6.07) is 0. The van der Waals surface area contributed by atoms with E-state index in [4.69, 9.17) is 0 Å². The molecule has 0 fully saturated rings. The molecule has 5 heavy (non-hydrogen) atoms. The second-order valence-corrected chi connectivity index (χ2v) is 0.499. The third-order valence-electron chi connectivity index (χ3n) is 0.0967. The van der Waals surface area contributed by atoms with Crippen LogP contribution in [0.25, 0.3) is 0 Å². The van der Waals surface area contributed by atoms with Crippen LogP contribution in [0.4, 0.5) is 8.92 Å². The highest BCUT2D eigenvalue weighted by Gasteiger charge is 1.90. The minimum absolute atomic E-state index is 2.03. The maximum atomic E-state index is 10.7. The highest BCUT2D eigenvalue weighted by molar-refractivity contribution is 4.32. The summed E-state index contributed by atoms with van der Waals surface area (Å²) in [6.45, 7) is 2.49. The summed E-state index contributed by atoms with van der Waals surface area (Å²) in [5, 5.41) is 0. The second kappa shape index (κ2) is 2.08. The first-order chi connectivity index (χ1) is 2.27. The van der Waals surface area contributed by atoms with Gasteiger partial charge in [0, 0.05) is 6.92 Å². The Morgan fingerprint density at radius 2 is 2.00 bits per heavy atom. The summed E-state index contributed by atoms with van der Waals surface area (Å²) < 4.78 is 20.9. The lowest BCUT2D eigenvalue weighted by atomic mass is 10.8. The van der Waals surface area contributed by atoms with Crippen molar-refractivity contribution in [1.29, 1.82) is 0 Å². The maximum Gasteiger partial charge on any atom is 0.237 e. The van der Waals surface area contributed by atoms with E-state index in [1.54, 1.807) is 0 Å².